The van der Waals surface area contributed by atoms with Gasteiger partial charge in [0.1, 0.15) is 0 Å². The van der Waals surface area contributed by atoms with E-state index in [0.717, 1.165) is 12.5 Å². The number of nitrogens with two attached hydrogens (primary N) is 1. The molecule has 0 aromatic heterocycles. The largest absolute Gasteiger partial charge is 0.330 e. The lowest BCUT2D eigenvalue weighted by Gasteiger charge is -2.23. The number of unbranched alkanes of at least 4 members (excludes halogenated alkanes) is 1. The Bertz CT molecular complexity index is 164. The van der Waals surface area contributed by atoms with Crippen LogP contribution in [0.5, 0.6) is 0 Å². The minimum absolute atomic E-state index is 0.330. The lowest BCUT2D eigenvalue weighted by molar-refractivity contribution is 0.282. The summed E-state index contributed by atoms with van der Waals surface area (Å²) in [5, 5.41) is 0. The maximum Gasteiger partial charge on any atom is -0.00194 e. The number of hydrogen-bond donors (Lipinski definition) is 1. The van der Waals surface area contributed by atoms with E-state index in [9.17, 15) is 0 Å². The van der Waals surface area contributed by atoms with Gasteiger partial charge in [0.15, 0.2) is 0 Å². The Balaban J connectivity index is 3.44. The van der Waals surface area contributed by atoms with E-state index in [-0.39, 0.29) is 0 Å². The Labute approximate surface area is 103 Å². The molecular weight excluding hydrogens is 196 g/mol. The molecule has 0 spiro atoms. The van der Waals surface area contributed by atoms with E-state index in [0.29, 0.717) is 5.41 Å². The van der Waals surface area contributed by atoms with Crippen LogP contribution in [0.2, 0.25) is 0 Å². The number of rotatable bonds is 9. The number of nitrogens with zero attached hydrogens (tertiary/aromatic N) is 1. The third-order valence-electron chi connectivity index (χ3n) is 3.28. The molecule has 0 aromatic rings. The van der Waals surface area contributed by atoms with Gasteiger partial charge in [0, 0.05) is 0 Å². The Kier molecular flexibility index (Phi) is 8.04. The van der Waals surface area contributed by atoms with Crippen LogP contribution in [-0.2, 0) is 0 Å². The SMILES string of the molecule is CC(C)CCN(C)CCCCC(C)(C)CN. The first-order valence-electron chi connectivity index (χ1n) is 6.76. The monoisotopic (exact) mass is 228 g/mol. The zero-order valence-electron chi connectivity index (χ0n) is 12.1. The van der Waals surface area contributed by atoms with Crippen molar-refractivity contribution in [1.29, 1.82) is 0 Å². The molecule has 0 aliphatic carbocycles. The lowest BCUT2D eigenvalue weighted by atomic mass is 9.87. The van der Waals surface area contributed by atoms with Gasteiger partial charge in [0.25, 0.3) is 0 Å². The fraction of sp³-hybridized carbons (Fsp3) is 1.00. The fourth-order valence-electron chi connectivity index (χ4n) is 1.68. The van der Waals surface area contributed by atoms with E-state index in [2.05, 4.69) is 39.6 Å². The molecule has 0 aliphatic rings. The van der Waals surface area contributed by atoms with Gasteiger partial charge in [-0.3, -0.25) is 0 Å². The summed E-state index contributed by atoms with van der Waals surface area (Å²) in [4.78, 5) is 2.45. The first-order valence-corrected chi connectivity index (χ1v) is 6.76. The quantitative estimate of drug-likeness (QED) is 0.614. The van der Waals surface area contributed by atoms with Gasteiger partial charge in [0.05, 0.1) is 0 Å². The average molecular weight is 228 g/mol. The van der Waals surface area contributed by atoms with Crippen molar-refractivity contribution in [1.82, 2.24) is 4.90 Å². The molecule has 0 atom stereocenters. The second kappa shape index (κ2) is 8.08. The minimum Gasteiger partial charge on any atom is -0.330 e. The molecule has 2 nitrogen and oxygen atoms in total. The van der Waals surface area contributed by atoms with Crippen LogP contribution in [0.1, 0.15) is 53.4 Å². The summed E-state index contributed by atoms with van der Waals surface area (Å²) in [7, 11) is 2.23. The van der Waals surface area contributed by atoms with Crippen LogP contribution >= 0.6 is 0 Å². The molecule has 2 heteroatoms. The Hall–Kier alpha value is -0.0800. The van der Waals surface area contributed by atoms with Gasteiger partial charge in [-0.25, -0.2) is 0 Å². The molecule has 0 aromatic carbocycles. The summed E-state index contributed by atoms with van der Waals surface area (Å²) < 4.78 is 0. The van der Waals surface area contributed by atoms with E-state index < -0.39 is 0 Å². The highest BCUT2D eigenvalue weighted by atomic mass is 15.1. The van der Waals surface area contributed by atoms with Gasteiger partial charge in [-0.1, -0.05) is 34.1 Å². The maximum absolute atomic E-state index is 5.72. The van der Waals surface area contributed by atoms with E-state index in [1.54, 1.807) is 0 Å². The van der Waals surface area contributed by atoms with Crippen molar-refractivity contribution in [2.24, 2.45) is 17.1 Å². The van der Waals surface area contributed by atoms with Crippen LogP contribution < -0.4 is 5.73 Å². The Morgan fingerprint density at radius 1 is 1.12 bits per heavy atom. The predicted octanol–water partition coefficient (Wildman–Crippen LogP) is 3.12. The summed E-state index contributed by atoms with van der Waals surface area (Å²) in [6.45, 7) is 12.4. The summed E-state index contributed by atoms with van der Waals surface area (Å²) >= 11 is 0. The molecule has 2 N–H and O–H groups in total. The van der Waals surface area contributed by atoms with Crippen molar-refractivity contribution in [3.8, 4) is 0 Å². The van der Waals surface area contributed by atoms with Crippen molar-refractivity contribution >= 4 is 0 Å². The standard InChI is InChI=1S/C14H32N2/c1-13(2)8-11-16(5)10-7-6-9-14(3,4)12-15/h13H,6-12,15H2,1-5H3. The third-order valence-corrected chi connectivity index (χ3v) is 3.28. The van der Waals surface area contributed by atoms with Crippen LogP contribution in [0.15, 0.2) is 0 Å². The first kappa shape index (κ1) is 15.9. The molecule has 0 unspecified atom stereocenters. The zero-order valence-corrected chi connectivity index (χ0v) is 12.1. The number of hydrogen-bond acceptors (Lipinski definition) is 2. The van der Waals surface area contributed by atoms with Crippen molar-refractivity contribution in [3.63, 3.8) is 0 Å². The van der Waals surface area contributed by atoms with Crippen molar-refractivity contribution in [3.05, 3.63) is 0 Å². The van der Waals surface area contributed by atoms with Crippen molar-refractivity contribution < 1.29 is 0 Å². The predicted molar refractivity (Wildman–Crippen MR) is 73.6 cm³/mol. The van der Waals surface area contributed by atoms with Crippen LogP contribution in [0, 0.1) is 11.3 Å². The van der Waals surface area contributed by atoms with E-state index in [1.165, 1.54) is 38.8 Å². The average Bonchev–Trinajstić information content (AvgIpc) is 2.21. The summed E-state index contributed by atoms with van der Waals surface area (Å²) in [5.41, 5.74) is 6.05. The second-order valence-corrected chi connectivity index (χ2v) is 6.31. The van der Waals surface area contributed by atoms with Crippen LogP contribution in [0.3, 0.4) is 0 Å². The minimum atomic E-state index is 0.330. The summed E-state index contributed by atoms with van der Waals surface area (Å²) in [6.07, 6.45) is 5.17. The van der Waals surface area contributed by atoms with Crippen molar-refractivity contribution in [2.45, 2.75) is 53.4 Å². The van der Waals surface area contributed by atoms with Gasteiger partial charge < -0.3 is 10.6 Å². The fourth-order valence-corrected chi connectivity index (χ4v) is 1.68. The molecule has 0 bridgehead atoms. The normalized spacial score (nSPS) is 12.8. The summed E-state index contributed by atoms with van der Waals surface area (Å²) in [5.74, 6) is 0.818. The van der Waals surface area contributed by atoms with Crippen LogP contribution in [0.25, 0.3) is 0 Å². The van der Waals surface area contributed by atoms with E-state index in [4.69, 9.17) is 5.73 Å². The topological polar surface area (TPSA) is 29.3 Å². The molecule has 0 aliphatic heterocycles. The van der Waals surface area contributed by atoms with Gasteiger partial charge in [0.2, 0.25) is 0 Å². The molecule has 0 amide bonds. The molecule has 0 radical (unpaired) electrons. The van der Waals surface area contributed by atoms with E-state index >= 15 is 0 Å². The molecule has 0 rings (SSSR count). The molecule has 16 heavy (non-hydrogen) atoms. The van der Waals surface area contributed by atoms with Crippen LogP contribution in [0.4, 0.5) is 0 Å². The highest BCUT2D eigenvalue weighted by Crippen LogP contribution is 2.21. The molecule has 0 saturated heterocycles. The highest BCUT2D eigenvalue weighted by Gasteiger charge is 2.14. The second-order valence-electron chi connectivity index (χ2n) is 6.31. The molecule has 0 fully saturated rings. The van der Waals surface area contributed by atoms with Gasteiger partial charge in [-0.05, 0) is 57.3 Å². The van der Waals surface area contributed by atoms with Gasteiger partial charge >= 0.3 is 0 Å². The molecule has 0 saturated carbocycles. The van der Waals surface area contributed by atoms with Crippen LogP contribution in [-0.4, -0.2) is 31.6 Å². The Morgan fingerprint density at radius 2 is 1.75 bits per heavy atom. The molecular formula is C14H32N2. The smallest absolute Gasteiger partial charge is 0.00194 e. The van der Waals surface area contributed by atoms with Gasteiger partial charge in [-0.15, -0.1) is 0 Å². The molecule has 0 heterocycles. The molecule has 98 valence electrons. The Morgan fingerprint density at radius 3 is 2.25 bits per heavy atom. The third kappa shape index (κ3) is 9.17. The lowest BCUT2D eigenvalue weighted by Crippen LogP contribution is -2.25. The van der Waals surface area contributed by atoms with Crippen molar-refractivity contribution in [2.75, 3.05) is 26.7 Å². The van der Waals surface area contributed by atoms with Gasteiger partial charge in [-0.2, -0.15) is 0 Å². The zero-order chi connectivity index (χ0) is 12.6. The summed E-state index contributed by atoms with van der Waals surface area (Å²) in [6, 6.07) is 0. The maximum atomic E-state index is 5.72. The highest BCUT2D eigenvalue weighted by molar-refractivity contribution is 4.69. The van der Waals surface area contributed by atoms with E-state index in [1.807, 2.05) is 0 Å². The first-order chi connectivity index (χ1) is 7.37.